The summed E-state index contributed by atoms with van der Waals surface area (Å²) in [6.45, 7) is 4.57. The SMILES string of the molecule is CCC(C)(C#N)C(=O)N1CCN(C)C(=O)C1. The lowest BCUT2D eigenvalue weighted by molar-refractivity contribution is -0.148. The molecule has 5 heteroatoms. The topological polar surface area (TPSA) is 64.4 Å². The number of hydrogen-bond acceptors (Lipinski definition) is 3. The van der Waals surface area contributed by atoms with Gasteiger partial charge in [0.05, 0.1) is 12.6 Å². The van der Waals surface area contributed by atoms with Crippen LogP contribution in [-0.4, -0.2) is 48.3 Å². The summed E-state index contributed by atoms with van der Waals surface area (Å²) in [5.41, 5.74) is -1.00. The summed E-state index contributed by atoms with van der Waals surface area (Å²) in [6.07, 6.45) is 0.461. The second-order valence-corrected chi connectivity index (χ2v) is 4.34. The predicted molar refractivity (Wildman–Crippen MR) is 58.2 cm³/mol. The standard InChI is InChI=1S/C11H17N3O2/c1-4-11(2,8-12)10(16)14-6-5-13(3)9(15)7-14/h4-7H2,1-3H3. The van der Waals surface area contributed by atoms with E-state index in [0.29, 0.717) is 19.5 Å². The molecule has 1 rings (SSSR count). The Kier molecular flexibility index (Phi) is 3.53. The molecule has 5 nitrogen and oxygen atoms in total. The van der Waals surface area contributed by atoms with Crippen LogP contribution in [0.3, 0.4) is 0 Å². The van der Waals surface area contributed by atoms with Crippen LogP contribution in [0.1, 0.15) is 20.3 Å². The lowest BCUT2D eigenvalue weighted by atomic mass is 9.87. The van der Waals surface area contributed by atoms with Gasteiger partial charge in [-0.2, -0.15) is 5.26 Å². The Morgan fingerprint density at radius 1 is 1.56 bits per heavy atom. The molecule has 1 saturated heterocycles. The van der Waals surface area contributed by atoms with Gasteiger partial charge in [0, 0.05) is 20.1 Å². The van der Waals surface area contributed by atoms with Crippen molar-refractivity contribution in [2.45, 2.75) is 20.3 Å². The van der Waals surface area contributed by atoms with Crippen molar-refractivity contribution < 1.29 is 9.59 Å². The second kappa shape index (κ2) is 4.52. The van der Waals surface area contributed by atoms with Crippen molar-refractivity contribution in [3.8, 4) is 6.07 Å². The van der Waals surface area contributed by atoms with E-state index in [-0.39, 0.29) is 18.4 Å². The highest BCUT2D eigenvalue weighted by atomic mass is 16.2. The molecule has 0 aliphatic carbocycles. The summed E-state index contributed by atoms with van der Waals surface area (Å²) < 4.78 is 0. The number of rotatable bonds is 2. The third-order valence-corrected chi connectivity index (χ3v) is 3.17. The van der Waals surface area contributed by atoms with Crippen LogP contribution in [0.5, 0.6) is 0 Å². The first-order valence-electron chi connectivity index (χ1n) is 5.39. The van der Waals surface area contributed by atoms with Crippen molar-refractivity contribution in [1.29, 1.82) is 5.26 Å². The van der Waals surface area contributed by atoms with Gasteiger partial charge < -0.3 is 9.80 Å². The maximum Gasteiger partial charge on any atom is 0.243 e. The monoisotopic (exact) mass is 223 g/mol. The summed E-state index contributed by atoms with van der Waals surface area (Å²) in [4.78, 5) is 26.6. The molecule has 16 heavy (non-hydrogen) atoms. The molecule has 0 spiro atoms. The van der Waals surface area contributed by atoms with E-state index in [0.717, 1.165) is 0 Å². The fraction of sp³-hybridized carbons (Fsp3) is 0.727. The molecular weight excluding hydrogens is 206 g/mol. The Labute approximate surface area is 95.6 Å². The van der Waals surface area contributed by atoms with Crippen LogP contribution in [0.15, 0.2) is 0 Å². The molecular formula is C11H17N3O2. The van der Waals surface area contributed by atoms with Gasteiger partial charge in [-0.3, -0.25) is 9.59 Å². The van der Waals surface area contributed by atoms with E-state index in [2.05, 4.69) is 0 Å². The third-order valence-electron chi connectivity index (χ3n) is 3.17. The predicted octanol–water partition coefficient (Wildman–Crippen LogP) is 0.227. The Balaban J connectivity index is 2.77. The van der Waals surface area contributed by atoms with Gasteiger partial charge in [-0.05, 0) is 13.3 Å². The highest BCUT2D eigenvalue weighted by molar-refractivity contribution is 5.90. The highest BCUT2D eigenvalue weighted by Gasteiger charge is 2.37. The minimum absolute atomic E-state index is 0.0732. The van der Waals surface area contributed by atoms with Gasteiger partial charge >= 0.3 is 0 Å². The zero-order chi connectivity index (χ0) is 12.3. The summed E-state index contributed by atoms with van der Waals surface area (Å²) in [5, 5.41) is 9.01. The molecule has 0 aromatic carbocycles. The lowest BCUT2D eigenvalue weighted by Crippen LogP contribution is -2.53. The molecule has 1 atom stereocenters. The summed E-state index contributed by atoms with van der Waals surface area (Å²) in [6, 6.07) is 2.04. The van der Waals surface area contributed by atoms with Crippen molar-refractivity contribution in [1.82, 2.24) is 9.80 Å². The summed E-state index contributed by atoms with van der Waals surface area (Å²) >= 11 is 0. The van der Waals surface area contributed by atoms with Gasteiger partial charge in [0.2, 0.25) is 11.8 Å². The van der Waals surface area contributed by atoms with E-state index in [9.17, 15) is 9.59 Å². The first-order valence-corrected chi connectivity index (χ1v) is 5.39. The minimum atomic E-state index is -1.00. The Morgan fingerprint density at radius 2 is 2.19 bits per heavy atom. The Morgan fingerprint density at radius 3 is 2.62 bits per heavy atom. The van der Waals surface area contributed by atoms with Gasteiger partial charge in [0.15, 0.2) is 0 Å². The number of nitrogens with zero attached hydrogens (tertiary/aromatic N) is 3. The van der Waals surface area contributed by atoms with E-state index in [4.69, 9.17) is 5.26 Å². The average molecular weight is 223 g/mol. The van der Waals surface area contributed by atoms with Crippen LogP contribution in [0, 0.1) is 16.7 Å². The largest absolute Gasteiger partial charge is 0.342 e. The molecule has 0 aromatic heterocycles. The zero-order valence-electron chi connectivity index (χ0n) is 9.99. The van der Waals surface area contributed by atoms with Crippen molar-refractivity contribution in [2.24, 2.45) is 5.41 Å². The molecule has 1 aliphatic rings. The van der Waals surface area contributed by atoms with Gasteiger partial charge in [-0.25, -0.2) is 0 Å². The van der Waals surface area contributed by atoms with Crippen molar-refractivity contribution in [2.75, 3.05) is 26.7 Å². The van der Waals surface area contributed by atoms with Gasteiger partial charge in [-0.1, -0.05) is 6.92 Å². The number of amides is 2. The number of carbonyl (C=O) groups excluding carboxylic acids is 2. The molecule has 1 unspecified atom stereocenters. The molecule has 0 bridgehead atoms. The first kappa shape index (κ1) is 12.5. The number of carbonyl (C=O) groups is 2. The normalized spacial score (nSPS) is 20.2. The van der Waals surface area contributed by atoms with Crippen LogP contribution in [0.2, 0.25) is 0 Å². The van der Waals surface area contributed by atoms with Crippen molar-refractivity contribution >= 4 is 11.8 Å². The van der Waals surface area contributed by atoms with E-state index >= 15 is 0 Å². The van der Waals surface area contributed by atoms with Crippen LogP contribution in [0.25, 0.3) is 0 Å². The zero-order valence-corrected chi connectivity index (χ0v) is 9.99. The molecule has 0 aromatic rings. The first-order chi connectivity index (χ1) is 7.44. The maximum absolute atomic E-state index is 12.1. The smallest absolute Gasteiger partial charge is 0.243 e. The highest BCUT2D eigenvalue weighted by Crippen LogP contribution is 2.23. The number of hydrogen-bond donors (Lipinski definition) is 0. The molecule has 0 saturated carbocycles. The van der Waals surface area contributed by atoms with Crippen LogP contribution >= 0.6 is 0 Å². The summed E-state index contributed by atoms with van der Waals surface area (Å²) in [7, 11) is 1.72. The van der Waals surface area contributed by atoms with Crippen LogP contribution in [-0.2, 0) is 9.59 Å². The molecule has 2 amide bonds. The maximum atomic E-state index is 12.1. The van der Waals surface area contributed by atoms with E-state index < -0.39 is 5.41 Å². The minimum Gasteiger partial charge on any atom is -0.342 e. The van der Waals surface area contributed by atoms with E-state index in [1.165, 1.54) is 4.90 Å². The molecule has 88 valence electrons. The molecule has 1 fully saturated rings. The van der Waals surface area contributed by atoms with E-state index in [1.807, 2.05) is 6.07 Å². The Hall–Kier alpha value is -1.57. The number of piperazine rings is 1. The fourth-order valence-corrected chi connectivity index (χ4v) is 1.56. The molecule has 1 aliphatic heterocycles. The van der Waals surface area contributed by atoms with Gasteiger partial charge in [-0.15, -0.1) is 0 Å². The van der Waals surface area contributed by atoms with Crippen molar-refractivity contribution in [3.63, 3.8) is 0 Å². The lowest BCUT2D eigenvalue weighted by Gasteiger charge is -2.35. The number of likely N-dealkylation sites (N-methyl/N-ethyl adjacent to an activating group) is 1. The Bertz CT molecular complexity index is 348. The van der Waals surface area contributed by atoms with Gasteiger partial charge in [0.1, 0.15) is 5.41 Å². The third kappa shape index (κ3) is 2.16. The molecule has 1 heterocycles. The van der Waals surface area contributed by atoms with Gasteiger partial charge in [0.25, 0.3) is 0 Å². The van der Waals surface area contributed by atoms with Crippen LogP contribution < -0.4 is 0 Å². The van der Waals surface area contributed by atoms with Crippen molar-refractivity contribution in [3.05, 3.63) is 0 Å². The molecule has 0 radical (unpaired) electrons. The molecule has 0 N–H and O–H groups in total. The summed E-state index contributed by atoms with van der Waals surface area (Å²) in [5.74, 6) is -0.310. The van der Waals surface area contributed by atoms with Crippen LogP contribution in [0.4, 0.5) is 0 Å². The number of nitriles is 1. The quantitative estimate of drug-likeness (QED) is 0.673. The second-order valence-electron chi connectivity index (χ2n) is 4.34. The average Bonchev–Trinajstić information content (AvgIpc) is 2.30. The van der Waals surface area contributed by atoms with E-state index in [1.54, 1.807) is 25.8 Å². The fourth-order valence-electron chi connectivity index (χ4n) is 1.56.